The Morgan fingerprint density at radius 3 is 2.74 bits per heavy atom. The molecule has 0 saturated carbocycles. The van der Waals surface area contributed by atoms with E-state index < -0.39 is 16.1 Å². The SMILES string of the molecule is CS(=O)(=O)N1CCCC1C(=O)Nc1ccc(-n2cnc3ccccc32)nc1. The first kappa shape index (κ1) is 17.6. The van der Waals surface area contributed by atoms with Crippen molar-refractivity contribution < 1.29 is 13.2 Å². The van der Waals surface area contributed by atoms with Crippen LogP contribution >= 0.6 is 0 Å². The summed E-state index contributed by atoms with van der Waals surface area (Å²) in [6.45, 7) is 0.377. The average molecular weight is 385 g/mol. The fraction of sp³-hybridized carbons (Fsp3) is 0.278. The van der Waals surface area contributed by atoms with E-state index in [-0.39, 0.29) is 5.91 Å². The van der Waals surface area contributed by atoms with Crippen molar-refractivity contribution in [2.24, 2.45) is 0 Å². The molecule has 1 fully saturated rings. The molecule has 1 unspecified atom stereocenters. The van der Waals surface area contributed by atoms with Gasteiger partial charge in [-0.25, -0.2) is 18.4 Å². The standard InChI is InChI=1S/C18H19N5O3S/c1-27(25,26)23-10-4-7-16(23)18(24)21-13-8-9-17(19-11-13)22-12-20-14-5-2-3-6-15(14)22/h2-3,5-6,8-9,11-12,16H,4,7,10H2,1H3,(H,21,24). The van der Waals surface area contributed by atoms with Gasteiger partial charge < -0.3 is 5.32 Å². The number of sulfonamides is 1. The third-order valence-electron chi connectivity index (χ3n) is 4.65. The first-order valence-corrected chi connectivity index (χ1v) is 10.4. The number of nitrogens with zero attached hydrogens (tertiary/aromatic N) is 4. The second-order valence-electron chi connectivity index (χ2n) is 6.53. The number of carbonyl (C=O) groups is 1. The summed E-state index contributed by atoms with van der Waals surface area (Å²) in [5.74, 6) is 0.348. The van der Waals surface area contributed by atoms with E-state index >= 15 is 0 Å². The molecule has 3 heterocycles. The molecule has 1 N–H and O–H groups in total. The highest BCUT2D eigenvalue weighted by molar-refractivity contribution is 7.88. The van der Waals surface area contributed by atoms with Gasteiger partial charge >= 0.3 is 0 Å². The van der Waals surface area contributed by atoms with Gasteiger partial charge in [0.15, 0.2) is 0 Å². The van der Waals surface area contributed by atoms with Gasteiger partial charge in [-0.2, -0.15) is 4.31 Å². The van der Waals surface area contributed by atoms with E-state index in [4.69, 9.17) is 0 Å². The lowest BCUT2D eigenvalue weighted by molar-refractivity contribution is -0.119. The molecule has 9 heteroatoms. The van der Waals surface area contributed by atoms with E-state index in [1.54, 1.807) is 24.7 Å². The van der Waals surface area contributed by atoms with Crippen LogP contribution in [-0.2, 0) is 14.8 Å². The summed E-state index contributed by atoms with van der Waals surface area (Å²) in [4.78, 5) is 21.2. The van der Waals surface area contributed by atoms with Crippen molar-refractivity contribution in [2.75, 3.05) is 18.1 Å². The number of aromatic nitrogens is 3. The van der Waals surface area contributed by atoms with Crippen LogP contribution in [0.25, 0.3) is 16.9 Å². The van der Waals surface area contributed by atoms with Gasteiger partial charge in [-0.1, -0.05) is 12.1 Å². The minimum atomic E-state index is -3.40. The molecule has 0 radical (unpaired) electrons. The molecule has 1 atom stereocenters. The number of nitrogens with one attached hydrogen (secondary N) is 1. The molecule has 0 aliphatic carbocycles. The second kappa shape index (κ2) is 6.75. The van der Waals surface area contributed by atoms with Crippen LogP contribution in [0.4, 0.5) is 5.69 Å². The molecule has 140 valence electrons. The number of hydrogen-bond acceptors (Lipinski definition) is 5. The van der Waals surface area contributed by atoms with Crippen molar-refractivity contribution >= 4 is 32.7 Å². The number of benzene rings is 1. The molecule has 8 nitrogen and oxygen atoms in total. The number of para-hydroxylation sites is 2. The Bertz CT molecular complexity index is 1090. The van der Waals surface area contributed by atoms with Crippen molar-refractivity contribution in [3.63, 3.8) is 0 Å². The maximum absolute atomic E-state index is 12.5. The highest BCUT2D eigenvalue weighted by atomic mass is 32.2. The average Bonchev–Trinajstić information content (AvgIpc) is 3.29. The number of rotatable bonds is 4. The monoisotopic (exact) mass is 385 g/mol. The number of carbonyl (C=O) groups excluding carboxylic acids is 1. The van der Waals surface area contributed by atoms with Crippen LogP contribution in [0.5, 0.6) is 0 Å². The number of pyridine rings is 1. The van der Waals surface area contributed by atoms with Crippen LogP contribution in [0.1, 0.15) is 12.8 Å². The van der Waals surface area contributed by atoms with Gasteiger partial charge in [-0.05, 0) is 37.1 Å². The third kappa shape index (κ3) is 3.43. The molecule has 0 bridgehead atoms. The fourth-order valence-corrected chi connectivity index (χ4v) is 4.49. The zero-order valence-corrected chi connectivity index (χ0v) is 15.6. The van der Waals surface area contributed by atoms with Crippen molar-refractivity contribution in [1.29, 1.82) is 0 Å². The van der Waals surface area contributed by atoms with Crippen LogP contribution in [0.2, 0.25) is 0 Å². The Morgan fingerprint density at radius 2 is 2.00 bits per heavy atom. The molecule has 3 aromatic rings. The predicted molar refractivity (Wildman–Crippen MR) is 102 cm³/mol. The van der Waals surface area contributed by atoms with E-state index in [1.807, 2.05) is 28.8 Å². The third-order valence-corrected chi connectivity index (χ3v) is 5.94. The van der Waals surface area contributed by atoms with E-state index in [9.17, 15) is 13.2 Å². The van der Waals surface area contributed by atoms with Gasteiger partial charge in [0.25, 0.3) is 0 Å². The Labute approximate surface area is 156 Å². The smallest absolute Gasteiger partial charge is 0.242 e. The molecule has 0 spiro atoms. The second-order valence-corrected chi connectivity index (χ2v) is 8.46. The lowest BCUT2D eigenvalue weighted by Gasteiger charge is -2.21. The first-order chi connectivity index (χ1) is 12.9. The number of fused-ring (bicyclic) bond motifs is 1. The normalized spacial score (nSPS) is 18.0. The van der Waals surface area contributed by atoms with Gasteiger partial charge in [0.2, 0.25) is 15.9 Å². The summed E-state index contributed by atoms with van der Waals surface area (Å²) < 4.78 is 26.7. The first-order valence-electron chi connectivity index (χ1n) is 8.60. The number of amides is 1. The van der Waals surface area contributed by atoms with Crippen LogP contribution in [-0.4, -0.2) is 52.0 Å². The summed E-state index contributed by atoms with van der Waals surface area (Å²) in [5, 5.41) is 2.76. The fourth-order valence-electron chi connectivity index (χ4n) is 3.37. The molecule has 27 heavy (non-hydrogen) atoms. The molecule has 1 amide bonds. The molecular weight excluding hydrogens is 366 g/mol. The topological polar surface area (TPSA) is 97.2 Å². The molecular formula is C18H19N5O3S. The van der Waals surface area contributed by atoms with Crippen molar-refractivity contribution in [3.05, 3.63) is 48.9 Å². The van der Waals surface area contributed by atoms with Crippen LogP contribution in [0.15, 0.2) is 48.9 Å². The molecule has 1 saturated heterocycles. The zero-order valence-electron chi connectivity index (χ0n) is 14.7. The maximum atomic E-state index is 12.5. The van der Waals surface area contributed by atoms with Crippen LogP contribution in [0.3, 0.4) is 0 Å². The Balaban J connectivity index is 1.52. The van der Waals surface area contributed by atoms with E-state index in [0.717, 1.165) is 17.3 Å². The van der Waals surface area contributed by atoms with Crippen LogP contribution in [0, 0.1) is 0 Å². The highest BCUT2D eigenvalue weighted by Crippen LogP contribution is 2.22. The van der Waals surface area contributed by atoms with Crippen molar-refractivity contribution in [1.82, 2.24) is 18.8 Å². The Morgan fingerprint density at radius 1 is 1.19 bits per heavy atom. The van der Waals surface area contributed by atoms with Crippen molar-refractivity contribution in [2.45, 2.75) is 18.9 Å². The van der Waals surface area contributed by atoms with Crippen LogP contribution < -0.4 is 5.32 Å². The molecule has 1 aliphatic rings. The molecule has 1 aromatic carbocycles. The van der Waals surface area contributed by atoms with E-state index in [1.165, 1.54) is 4.31 Å². The predicted octanol–water partition coefficient (Wildman–Crippen LogP) is 1.78. The maximum Gasteiger partial charge on any atom is 0.242 e. The van der Waals surface area contributed by atoms with E-state index in [2.05, 4.69) is 15.3 Å². The number of imidazole rings is 1. The van der Waals surface area contributed by atoms with E-state index in [0.29, 0.717) is 30.9 Å². The molecule has 1 aliphatic heterocycles. The highest BCUT2D eigenvalue weighted by Gasteiger charge is 2.36. The van der Waals surface area contributed by atoms with Crippen molar-refractivity contribution in [3.8, 4) is 5.82 Å². The summed E-state index contributed by atoms with van der Waals surface area (Å²) >= 11 is 0. The zero-order chi connectivity index (χ0) is 19.0. The minimum absolute atomic E-state index is 0.333. The van der Waals surface area contributed by atoms with Gasteiger partial charge in [0.05, 0.1) is 29.2 Å². The summed E-state index contributed by atoms with van der Waals surface area (Å²) in [5.41, 5.74) is 2.34. The minimum Gasteiger partial charge on any atom is -0.323 e. The lowest BCUT2D eigenvalue weighted by atomic mass is 10.2. The Kier molecular flexibility index (Phi) is 4.40. The van der Waals surface area contributed by atoms with Gasteiger partial charge in [-0.3, -0.25) is 9.36 Å². The summed E-state index contributed by atoms with van der Waals surface area (Å²) in [6.07, 6.45) is 5.58. The molecule has 4 rings (SSSR count). The Hall–Kier alpha value is -2.78. The van der Waals surface area contributed by atoms with Gasteiger partial charge in [0, 0.05) is 6.54 Å². The molecule has 2 aromatic heterocycles. The lowest BCUT2D eigenvalue weighted by Crippen LogP contribution is -2.42. The number of hydrogen-bond donors (Lipinski definition) is 1. The summed E-state index contributed by atoms with van der Waals surface area (Å²) in [7, 11) is -3.40. The quantitative estimate of drug-likeness (QED) is 0.738. The summed E-state index contributed by atoms with van der Waals surface area (Å²) in [6, 6.07) is 10.6. The van der Waals surface area contributed by atoms with Gasteiger partial charge in [-0.15, -0.1) is 0 Å². The largest absolute Gasteiger partial charge is 0.323 e. The number of anilines is 1. The van der Waals surface area contributed by atoms with Gasteiger partial charge in [0.1, 0.15) is 18.2 Å².